The van der Waals surface area contributed by atoms with Gasteiger partial charge in [0.2, 0.25) is 0 Å². The van der Waals surface area contributed by atoms with Crippen LogP contribution in [0.4, 0.5) is 14.5 Å². The van der Waals surface area contributed by atoms with Gasteiger partial charge in [-0.25, -0.2) is 8.42 Å². The number of alkyl halides is 2. The summed E-state index contributed by atoms with van der Waals surface area (Å²) in [5.41, 5.74) is -0.0854. The summed E-state index contributed by atoms with van der Waals surface area (Å²) in [6, 6.07) is 6.85. The topological polar surface area (TPSA) is 68.3 Å². The lowest BCUT2D eigenvalue weighted by molar-refractivity contribution is -0.0493. The van der Waals surface area contributed by atoms with Gasteiger partial charge >= 0.3 is 6.61 Å². The van der Waals surface area contributed by atoms with Gasteiger partial charge in [-0.2, -0.15) is 8.78 Å². The second-order valence-corrected chi connectivity index (χ2v) is 6.42. The number of aromatic nitrogens is 1. The van der Waals surface area contributed by atoms with Crippen molar-refractivity contribution >= 4 is 31.6 Å². The van der Waals surface area contributed by atoms with Crippen LogP contribution in [0.2, 0.25) is 0 Å². The predicted molar refractivity (Wildman–Crippen MR) is 75.8 cm³/mol. The van der Waals surface area contributed by atoms with Gasteiger partial charge in [0, 0.05) is 16.9 Å². The molecule has 5 nitrogen and oxygen atoms in total. The summed E-state index contributed by atoms with van der Waals surface area (Å²) in [7, 11) is -3.96. The van der Waals surface area contributed by atoms with Gasteiger partial charge in [-0.1, -0.05) is 12.1 Å². The molecule has 0 unspecified atom stereocenters. The highest BCUT2D eigenvalue weighted by Crippen LogP contribution is 2.28. The fourth-order valence-corrected chi connectivity index (χ4v) is 3.07. The van der Waals surface area contributed by atoms with Crippen molar-refractivity contribution in [1.82, 2.24) is 4.98 Å². The molecular weight excluding hydrogens is 370 g/mol. The van der Waals surface area contributed by atoms with Crippen molar-refractivity contribution < 1.29 is 21.9 Å². The molecule has 0 saturated carbocycles. The van der Waals surface area contributed by atoms with Crippen molar-refractivity contribution in [3.05, 3.63) is 47.2 Å². The molecule has 21 heavy (non-hydrogen) atoms. The maximum absolute atomic E-state index is 12.3. The molecule has 0 amide bonds. The molecule has 1 aromatic carbocycles. The van der Waals surface area contributed by atoms with Gasteiger partial charge in [0.05, 0.1) is 5.69 Å². The number of pyridine rings is 1. The zero-order chi connectivity index (χ0) is 15.5. The molecule has 0 aliphatic rings. The number of benzene rings is 1. The minimum Gasteiger partial charge on any atom is -0.433 e. The average molecular weight is 379 g/mol. The van der Waals surface area contributed by atoms with Gasteiger partial charge in [-0.15, -0.1) is 0 Å². The molecule has 2 aromatic rings. The van der Waals surface area contributed by atoms with Crippen LogP contribution in [0, 0.1) is 0 Å². The Morgan fingerprint density at radius 1 is 1.24 bits per heavy atom. The minimum absolute atomic E-state index is 0.0854. The smallest absolute Gasteiger partial charge is 0.387 e. The Kier molecular flexibility index (Phi) is 4.73. The van der Waals surface area contributed by atoms with Gasteiger partial charge in [0.1, 0.15) is 10.6 Å². The predicted octanol–water partition coefficient (Wildman–Crippen LogP) is 3.25. The Hall–Kier alpha value is -1.74. The number of nitrogens with zero attached hydrogens (tertiary/aromatic N) is 1. The molecule has 112 valence electrons. The van der Waals surface area contributed by atoms with Gasteiger partial charge in [0.25, 0.3) is 10.0 Å². The van der Waals surface area contributed by atoms with Crippen LogP contribution >= 0.6 is 15.9 Å². The summed E-state index contributed by atoms with van der Waals surface area (Å²) in [5, 5.41) is 0. The number of hydrogen-bond donors (Lipinski definition) is 1. The molecule has 2 rings (SSSR count). The lowest BCUT2D eigenvalue weighted by atomic mass is 10.3. The largest absolute Gasteiger partial charge is 0.433 e. The van der Waals surface area contributed by atoms with E-state index in [1.807, 2.05) is 0 Å². The van der Waals surface area contributed by atoms with E-state index in [4.69, 9.17) is 0 Å². The van der Waals surface area contributed by atoms with E-state index in [1.165, 1.54) is 36.5 Å². The molecular formula is C12H9BrF2N2O3S. The van der Waals surface area contributed by atoms with Crippen LogP contribution in [0.5, 0.6) is 5.75 Å². The number of sulfonamides is 1. The number of halogens is 3. The molecule has 0 aliphatic carbocycles. The van der Waals surface area contributed by atoms with Crippen LogP contribution in [0.3, 0.4) is 0 Å². The van der Waals surface area contributed by atoms with Gasteiger partial charge in [-0.05, 0) is 34.1 Å². The van der Waals surface area contributed by atoms with E-state index in [9.17, 15) is 17.2 Å². The van der Waals surface area contributed by atoms with E-state index in [-0.39, 0.29) is 16.3 Å². The van der Waals surface area contributed by atoms with Crippen LogP contribution in [-0.2, 0) is 10.0 Å². The molecule has 0 fully saturated rings. The van der Waals surface area contributed by atoms with E-state index >= 15 is 0 Å². The summed E-state index contributed by atoms with van der Waals surface area (Å²) in [5.74, 6) is -0.265. The van der Waals surface area contributed by atoms with Gasteiger partial charge in [0.15, 0.2) is 0 Å². The van der Waals surface area contributed by atoms with Crippen molar-refractivity contribution in [1.29, 1.82) is 0 Å². The summed E-state index contributed by atoms with van der Waals surface area (Å²) >= 11 is 3.11. The Labute approximate surface area is 128 Å². The van der Waals surface area contributed by atoms with Crippen molar-refractivity contribution in [3.8, 4) is 5.75 Å². The van der Waals surface area contributed by atoms with E-state index in [2.05, 4.69) is 30.4 Å². The van der Waals surface area contributed by atoms with Crippen molar-refractivity contribution in [3.63, 3.8) is 0 Å². The Morgan fingerprint density at radius 2 is 1.95 bits per heavy atom. The van der Waals surface area contributed by atoms with Crippen LogP contribution in [0.1, 0.15) is 0 Å². The van der Waals surface area contributed by atoms with Crippen LogP contribution in [0.25, 0.3) is 0 Å². The number of para-hydroxylation sites is 2. The van der Waals surface area contributed by atoms with Gasteiger partial charge < -0.3 is 4.74 Å². The molecule has 0 aliphatic heterocycles. The molecule has 1 N–H and O–H groups in total. The first-order valence-electron chi connectivity index (χ1n) is 5.56. The van der Waals surface area contributed by atoms with Crippen molar-refractivity contribution in [2.75, 3.05) is 4.72 Å². The van der Waals surface area contributed by atoms with E-state index < -0.39 is 16.6 Å². The Bertz CT molecular complexity index is 741. The molecule has 0 saturated heterocycles. The molecule has 1 heterocycles. The van der Waals surface area contributed by atoms with E-state index in [1.54, 1.807) is 0 Å². The lowest BCUT2D eigenvalue weighted by Gasteiger charge is -2.12. The van der Waals surface area contributed by atoms with Crippen molar-refractivity contribution in [2.24, 2.45) is 0 Å². The summed E-state index contributed by atoms with van der Waals surface area (Å²) in [6.07, 6.45) is 2.57. The number of ether oxygens (including phenoxy) is 1. The number of hydrogen-bond acceptors (Lipinski definition) is 4. The monoisotopic (exact) mass is 378 g/mol. The molecule has 0 spiro atoms. The maximum Gasteiger partial charge on any atom is 0.387 e. The normalized spacial score (nSPS) is 11.4. The Morgan fingerprint density at radius 3 is 2.62 bits per heavy atom. The average Bonchev–Trinajstić information content (AvgIpc) is 2.40. The highest BCUT2D eigenvalue weighted by atomic mass is 79.9. The minimum atomic E-state index is -3.96. The fraction of sp³-hybridized carbons (Fsp3) is 0.0833. The first-order valence-corrected chi connectivity index (χ1v) is 7.83. The zero-order valence-electron chi connectivity index (χ0n) is 10.3. The summed E-state index contributed by atoms with van der Waals surface area (Å²) in [6.45, 7) is -3.05. The molecule has 0 bridgehead atoms. The maximum atomic E-state index is 12.3. The second kappa shape index (κ2) is 6.35. The third-order valence-corrected chi connectivity index (χ3v) is 4.10. The molecule has 0 radical (unpaired) electrons. The number of nitrogens with one attached hydrogen (secondary N) is 1. The number of anilines is 1. The third-order valence-electron chi connectivity index (χ3n) is 2.34. The Balaban J connectivity index is 2.33. The highest BCUT2D eigenvalue weighted by Gasteiger charge is 2.18. The second-order valence-electron chi connectivity index (χ2n) is 3.82. The fourth-order valence-electron chi connectivity index (χ4n) is 1.49. The first kappa shape index (κ1) is 15.6. The number of rotatable bonds is 5. The zero-order valence-corrected chi connectivity index (χ0v) is 12.7. The highest BCUT2D eigenvalue weighted by molar-refractivity contribution is 9.10. The first-order chi connectivity index (χ1) is 9.88. The standard InChI is InChI=1S/C12H9BrF2N2O3S/c13-8-5-9(7-16-6-8)21(18,19)17-10-3-1-2-4-11(10)20-12(14)15/h1-7,12,17H. The summed E-state index contributed by atoms with van der Waals surface area (Å²) in [4.78, 5) is 3.64. The molecule has 0 atom stereocenters. The molecule has 9 heteroatoms. The van der Waals surface area contributed by atoms with Gasteiger partial charge in [-0.3, -0.25) is 9.71 Å². The van der Waals surface area contributed by atoms with Crippen LogP contribution in [0.15, 0.2) is 52.1 Å². The van der Waals surface area contributed by atoms with Crippen molar-refractivity contribution in [2.45, 2.75) is 11.5 Å². The quantitative estimate of drug-likeness (QED) is 0.866. The summed E-state index contributed by atoms with van der Waals surface area (Å²) < 4.78 is 55.9. The lowest BCUT2D eigenvalue weighted by Crippen LogP contribution is -2.15. The third kappa shape index (κ3) is 4.11. The van der Waals surface area contributed by atoms with Crippen LogP contribution in [-0.4, -0.2) is 20.0 Å². The van der Waals surface area contributed by atoms with Crippen LogP contribution < -0.4 is 9.46 Å². The van der Waals surface area contributed by atoms with E-state index in [0.717, 1.165) is 6.20 Å². The molecule has 1 aromatic heterocycles. The SMILES string of the molecule is O=S(=O)(Nc1ccccc1OC(F)F)c1cncc(Br)c1. The van der Waals surface area contributed by atoms with E-state index in [0.29, 0.717) is 4.47 Å².